The van der Waals surface area contributed by atoms with Crippen LogP contribution in [0.5, 0.6) is 5.75 Å². The molecule has 0 N–H and O–H groups in total. The Morgan fingerprint density at radius 2 is 2.22 bits per heavy atom. The van der Waals surface area contributed by atoms with Crippen LogP contribution in [0, 0.1) is 0 Å². The van der Waals surface area contributed by atoms with E-state index in [1.807, 2.05) is 12.1 Å². The summed E-state index contributed by atoms with van der Waals surface area (Å²) in [6, 6.07) is 3.81. The molecule has 1 aromatic rings. The van der Waals surface area contributed by atoms with E-state index in [1.165, 1.54) is 0 Å². The lowest BCUT2D eigenvalue weighted by Crippen LogP contribution is -2.49. The predicted octanol–water partition coefficient (Wildman–Crippen LogP) is 1.43. The fourth-order valence-corrected chi connectivity index (χ4v) is 2.68. The van der Waals surface area contributed by atoms with Crippen molar-refractivity contribution < 1.29 is 14.2 Å². The summed E-state index contributed by atoms with van der Waals surface area (Å²) in [5, 5.41) is 0. The highest BCUT2D eigenvalue weighted by atomic mass is 16.7. The Labute approximate surface area is 107 Å². The molecule has 0 bridgehead atoms. The van der Waals surface area contributed by atoms with Crippen molar-refractivity contribution in [3.8, 4) is 5.75 Å². The van der Waals surface area contributed by atoms with Crippen molar-refractivity contribution in [2.45, 2.75) is 18.6 Å². The highest BCUT2D eigenvalue weighted by Gasteiger charge is 2.41. The molecule has 2 aliphatic rings. The fraction of sp³-hybridized carbons (Fsp3) is 0.615. The summed E-state index contributed by atoms with van der Waals surface area (Å²) in [4.78, 5) is 6.61. The van der Waals surface area contributed by atoms with Gasteiger partial charge in [0.1, 0.15) is 0 Å². The van der Waals surface area contributed by atoms with E-state index in [1.54, 1.807) is 13.3 Å². The Morgan fingerprint density at radius 3 is 3.00 bits per heavy atom. The van der Waals surface area contributed by atoms with Gasteiger partial charge in [-0.3, -0.25) is 0 Å². The van der Waals surface area contributed by atoms with Crippen LogP contribution in [0.4, 0.5) is 5.82 Å². The van der Waals surface area contributed by atoms with Crippen molar-refractivity contribution >= 4 is 5.82 Å². The van der Waals surface area contributed by atoms with Gasteiger partial charge in [0.15, 0.2) is 17.4 Å². The molecule has 98 valence electrons. The van der Waals surface area contributed by atoms with E-state index in [9.17, 15) is 0 Å². The zero-order valence-electron chi connectivity index (χ0n) is 10.6. The van der Waals surface area contributed by atoms with Crippen molar-refractivity contribution in [2.24, 2.45) is 0 Å². The van der Waals surface area contributed by atoms with Gasteiger partial charge in [0.25, 0.3) is 0 Å². The minimum absolute atomic E-state index is 0.430. The van der Waals surface area contributed by atoms with Gasteiger partial charge < -0.3 is 19.1 Å². The van der Waals surface area contributed by atoms with Gasteiger partial charge >= 0.3 is 0 Å². The molecule has 0 unspecified atom stereocenters. The molecule has 3 rings (SSSR count). The summed E-state index contributed by atoms with van der Waals surface area (Å²) in [7, 11) is 1.67. The number of methoxy groups -OCH3 is 1. The first-order chi connectivity index (χ1) is 8.83. The minimum Gasteiger partial charge on any atom is -0.493 e. The van der Waals surface area contributed by atoms with Crippen LogP contribution in [0.2, 0.25) is 0 Å². The van der Waals surface area contributed by atoms with E-state index < -0.39 is 5.79 Å². The van der Waals surface area contributed by atoms with Crippen molar-refractivity contribution in [3.63, 3.8) is 0 Å². The Hall–Kier alpha value is -1.33. The molecular formula is C13H18N2O3. The first-order valence-corrected chi connectivity index (χ1v) is 6.35. The molecule has 0 radical (unpaired) electrons. The summed E-state index contributed by atoms with van der Waals surface area (Å²) in [5.41, 5.74) is 0. The second kappa shape index (κ2) is 4.74. The maximum absolute atomic E-state index is 5.77. The molecule has 0 atom stereocenters. The summed E-state index contributed by atoms with van der Waals surface area (Å²) in [6.07, 6.45) is 3.79. The van der Waals surface area contributed by atoms with Crippen LogP contribution in [0.25, 0.3) is 0 Å². The lowest BCUT2D eigenvalue weighted by Gasteiger charge is -2.39. The quantitative estimate of drug-likeness (QED) is 0.794. The molecular weight excluding hydrogens is 232 g/mol. The second-order valence-corrected chi connectivity index (χ2v) is 4.66. The van der Waals surface area contributed by atoms with Crippen LogP contribution in [0.3, 0.4) is 0 Å². The Bertz CT molecular complexity index is 418. The zero-order valence-corrected chi connectivity index (χ0v) is 10.6. The predicted molar refractivity (Wildman–Crippen MR) is 66.9 cm³/mol. The van der Waals surface area contributed by atoms with Gasteiger partial charge in [-0.15, -0.1) is 0 Å². The average Bonchev–Trinajstić information content (AvgIpc) is 2.86. The van der Waals surface area contributed by atoms with Crippen molar-refractivity contribution in [2.75, 3.05) is 38.3 Å². The molecule has 0 aliphatic carbocycles. The number of piperidine rings is 1. The Morgan fingerprint density at radius 1 is 1.39 bits per heavy atom. The fourth-order valence-electron chi connectivity index (χ4n) is 2.68. The molecule has 18 heavy (non-hydrogen) atoms. The van der Waals surface area contributed by atoms with Gasteiger partial charge in [0.05, 0.1) is 26.9 Å². The maximum atomic E-state index is 5.77. The first-order valence-electron chi connectivity index (χ1n) is 6.35. The molecule has 2 fully saturated rings. The topological polar surface area (TPSA) is 43.8 Å². The van der Waals surface area contributed by atoms with Crippen LogP contribution >= 0.6 is 0 Å². The van der Waals surface area contributed by atoms with E-state index >= 15 is 0 Å². The third-order valence-corrected chi connectivity index (χ3v) is 3.50. The van der Waals surface area contributed by atoms with E-state index in [2.05, 4.69) is 9.88 Å². The van der Waals surface area contributed by atoms with Crippen LogP contribution < -0.4 is 9.64 Å². The van der Waals surface area contributed by atoms with Crippen molar-refractivity contribution in [3.05, 3.63) is 18.3 Å². The average molecular weight is 250 g/mol. The lowest BCUT2D eigenvalue weighted by atomic mass is 10.0. The van der Waals surface area contributed by atoms with Gasteiger partial charge in [0.2, 0.25) is 0 Å². The van der Waals surface area contributed by atoms with Gasteiger partial charge in [-0.2, -0.15) is 0 Å². The van der Waals surface area contributed by atoms with Crippen molar-refractivity contribution in [1.82, 2.24) is 4.98 Å². The molecule has 2 saturated heterocycles. The van der Waals surface area contributed by atoms with Crippen LogP contribution in [0.15, 0.2) is 18.3 Å². The molecule has 0 aromatic carbocycles. The molecule has 3 heterocycles. The SMILES string of the molecule is COc1cccnc1N1CCCC2(C1)OCCO2. The first kappa shape index (κ1) is 11.7. The van der Waals surface area contributed by atoms with E-state index in [4.69, 9.17) is 14.2 Å². The van der Waals surface area contributed by atoms with Crippen LogP contribution in [0.1, 0.15) is 12.8 Å². The monoisotopic (exact) mass is 250 g/mol. The smallest absolute Gasteiger partial charge is 0.186 e. The number of hydrogen-bond acceptors (Lipinski definition) is 5. The number of aromatic nitrogens is 1. The molecule has 0 amide bonds. The summed E-state index contributed by atoms with van der Waals surface area (Å²) < 4.78 is 16.9. The number of rotatable bonds is 2. The highest BCUT2D eigenvalue weighted by Crippen LogP contribution is 2.34. The molecule has 5 nitrogen and oxygen atoms in total. The minimum atomic E-state index is -0.430. The summed E-state index contributed by atoms with van der Waals surface area (Å²) in [5.74, 6) is 1.24. The third kappa shape index (κ3) is 2.04. The molecule has 2 aliphatic heterocycles. The van der Waals surface area contributed by atoms with Crippen LogP contribution in [-0.4, -0.2) is 44.2 Å². The number of nitrogens with zero attached hydrogens (tertiary/aromatic N) is 2. The Balaban J connectivity index is 1.83. The lowest BCUT2D eigenvalue weighted by molar-refractivity contribution is -0.161. The Kier molecular flexibility index (Phi) is 3.09. The number of ether oxygens (including phenoxy) is 3. The number of hydrogen-bond donors (Lipinski definition) is 0. The van der Waals surface area contributed by atoms with Crippen LogP contribution in [-0.2, 0) is 9.47 Å². The number of pyridine rings is 1. The second-order valence-electron chi connectivity index (χ2n) is 4.66. The standard InChI is InChI=1S/C13H18N2O3/c1-16-11-4-2-6-14-12(11)15-7-3-5-13(10-15)17-8-9-18-13/h2,4,6H,3,5,7-10H2,1H3. The highest BCUT2D eigenvalue weighted by molar-refractivity contribution is 5.52. The van der Waals surface area contributed by atoms with Gasteiger partial charge in [0, 0.05) is 19.2 Å². The summed E-state index contributed by atoms with van der Waals surface area (Å²) in [6.45, 7) is 3.06. The van der Waals surface area contributed by atoms with Gasteiger partial charge in [-0.1, -0.05) is 0 Å². The van der Waals surface area contributed by atoms with E-state index in [0.717, 1.165) is 37.5 Å². The zero-order chi connectivity index (χ0) is 12.4. The molecule has 0 saturated carbocycles. The van der Waals surface area contributed by atoms with E-state index in [-0.39, 0.29) is 0 Å². The molecule has 1 spiro atoms. The molecule has 5 heteroatoms. The van der Waals surface area contributed by atoms with E-state index in [0.29, 0.717) is 13.2 Å². The molecule has 1 aromatic heterocycles. The van der Waals surface area contributed by atoms with Gasteiger partial charge in [-0.25, -0.2) is 4.98 Å². The summed E-state index contributed by atoms with van der Waals surface area (Å²) >= 11 is 0. The largest absolute Gasteiger partial charge is 0.493 e. The third-order valence-electron chi connectivity index (χ3n) is 3.50. The normalized spacial score (nSPS) is 22.4. The maximum Gasteiger partial charge on any atom is 0.186 e. The van der Waals surface area contributed by atoms with Gasteiger partial charge in [-0.05, 0) is 18.6 Å². The number of anilines is 1. The van der Waals surface area contributed by atoms with Crippen molar-refractivity contribution in [1.29, 1.82) is 0 Å².